The fourth-order valence-electron chi connectivity index (χ4n) is 1.79. The van der Waals surface area contributed by atoms with Crippen LogP contribution in [0.1, 0.15) is 24.0 Å². The van der Waals surface area contributed by atoms with Crippen molar-refractivity contribution < 1.29 is 9.53 Å². The Morgan fingerprint density at radius 3 is 2.84 bits per heavy atom. The highest BCUT2D eigenvalue weighted by Gasteiger charge is 2.03. The number of amides is 1. The van der Waals surface area contributed by atoms with Crippen LogP contribution >= 0.6 is 15.9 Å². The van der Waals surface area contributed by atoms with Gasteiger partial charge in [-0.05, 0) is 30.9 Å². The average molecular weight is 328 g/mol. The van der Waals surface area contributed by atoms with Crippen LogP contribution in [0.4, 0.5) is 0 Å². The lowest BCUT2D eigenvalue weighted by Gasteiger charge is -2.07. The van der Waals surface area contributed by atoms with Crippen molar-refractivity contribution in [2.24, 2.45) is 0 Å². The summed E-state index contributed by atoms with van der Waals surface area (Å²) >= 11 is 3.30. The van der Waals surface area contributed by atoms with E-state index in [0.717, 1.165) is 24.8 Å². The summed E-state index contributed by atoms with van der Waals surface area (Å²) in [6.45, 7) is 4.19. The number of benzene rings is 1. The molecule has 3 nitrogen and oxygen atoms in total. The largest absolute Gasteiger partial charge is 0.381 e. The molecule has 1 aromatic rings. The van der Waals surface area contributed by atoms with Crippen molar-refractivity contribution in [3.8, 4) is 0 Å². The molecule has 0 bridgehead atoms. The molecule has 0 spiro atoms. The van der Waals surface area contributed by atoms with Crippen LogP contribution in [-0.2, 0) is 16.0 Å². The van der Waals surface area contributed by atoms with Crippen LogP contribution < -0.4 is 5.32 Å². The van der Waals surface area contributed by atoms with Crippen LogP contribution in [0.2, 0.25) is 0 Å². The van der Waals surface area contributed by atoms with Crippen LogP contribution in [0.15, 0.2) is 24.3 Å². The number of ether oxygens (including phenoxy) is 1. The van der Waals surface area contributed by atoms with Crippen LogP contribution in [0.5, 0.6) is 0 Å². The summed E-state index contributed by atoms with van der Waals surface area (Å²) in [5.74, 6) is 0.115. The van der Waals surface area contributed by atoms with E-state index in [-0.39, 0.29) is 5.91 Å². The van der Waals surface area contributed by atoms with Crippen LogP contribution in [0.3, 0.4) is 0 Å². The lowest BCUT2D eigenvalue weighted by atomic mass is 10.0. The summed E-state index contributed by atoms with van der Waals surface area (Å²) in [6, 6.07) is 8.19. The first-order valence-electron chi connectivity index (χ1n) is 6.69. The maximum Gasteiger partial charge on any atom is 0.220 e. The molecule has 0 radical (unpaired) electrons. The Hall–Kier alpha value is -0.870. The van der Waals surface area contributed by atoms with E-state index in [2.05, 4.69) is 40.3 Å². The van der Waals surface area contributed by atoms with Gasteiger partial charge in [-0.25, -0.2) is 0 Å². The van der Waals surface area contributed by atoms with E-state index < -0.39 is 0 Å². The van der Waals surface area contributed by atoms with E-state index in [0.29, 0.717) is 19.6 Å². The number of carbonyl (C=O) groups excluding carboxylic acids is 1. The zero-order chi connectivity index (χ0) is 13.9. The molecule has 0 saturated carbocycles. The van der Waals surface area contributed by atoms with Crippen LogP contribution in [-0.4, -0.2) is 31.0 Å². The van der Waals surface area contributed by atoms with E-state index in [1.807, 2.05) is 12.1 Å². The quantitative estimate of drug-likeness (QED) is 0.559. The van der Waals surface area contributed by atoms with E-state index >= 15 is 0 Å². The molecule has 1 rings (SSSR count). The third kappa shape index (κ3) is 7.33. The Labute approximate surface area is 123 Å². The lowest BCUT2D eigenvalue weighted by molar-refractivity contribution is -0.121. The molecular weight excluding hydrogens is 306 g/mol. The molecule has 0 fully saturated rings. The van der Waals surface area contributed by atoms with Gasteiger partial charge in [-0.2, -0.15) is 0 Å². The van der Waals surface area contributed by atoms with Crippen LogP contribution in [0.25, 0.3) is 0 Å². The third-order valence-electron chi connectivity index (χ3n) is 2.89. The van der Waals surface area contributed by atoms with Gasteiger partial charge in [-0.3, -0.25) is 4.79 Å². The van der Waals surface area contributed by atoms with Crippen LogP contribution in [0, 0.1) is 6.92 Å². The van der Waals surface area contributed by atoms with Crippen molar-refractivity contribution in [1.29, 1.82) is 0 Å². The normalized spacial score (nSPS) is 10.4. The fraction of sp³-hybridized carbons (Fsp3) is 0.533. The van der Waals surface area contributed by atoms with E-state index in [1.165, 1.54) is 11.1 Å². The Morgan fingerprint density at radius 1 is 1.32 bits per heavy atom. The SMILES string of the molecule is Cc1ccccc1CCC(=O)NCCCOCCBr. The minimum Gasteiger partial charge on any atom is -0.381 e. The van der Waals surface area contributed by atoms with Gasteiger partial charge in [0.1, 0.15) is 0 Å². The second-order valence-electron chi connectivity index (χ2n) is 4.43. The Balaban J connectivity index is 2.10. The Morgan fingerprint density at radius 2 is 2.11 bits per heavy atom. The summed E-state index contributed by atoms with van der Waals surface area (Å²) in [6.07, 6.45) is 2.22. The molecule has 1 amide bonds. The second kappa shape index (κ2) is 9.98. The van der Waals surface area contributed by atoms with Gasteiger partial charge < -0.3 is 10.1 Å². The van der Waals surface area contributed by atoms with Crippen molar-refractivity contribution in [1.82, 2.24) is 5.32 Å². The van der Waals surface area contributed by atoms with Gasteiger partial charge in [0.05, 0.1) is 6.61 Å². The molecule has 0 atom stereocenters. The third-order valence-corrected chi connectivity index (χ3v) is 3.22. The van der Waals surface area contributed by atoms with Gasteiger partial charge in [-0.1, -0.05) is 40.2 Å². The lowest BCUT2D eigenvalue weighted by Crippen LogP contribution is -2.25. The van der Waals surface area contributed by atoms with Gasteiger partial charge in [0.25, 0.3) is 0 Å². The number of rotatable bonds is 9. The van der Waals surface area contributed by atoms with Gasteiger partial charge in [0.15, 0.2) is 0 Å². The number of carbonyl (C=O) groups is 1. The number of aryl methyl sites for hydroxylation is 2. The first-order chi connectivity index (χ1) is 9.24. The molecule has 1 N–H and O–H groups in total. The summed E-state index contributed by atoms with van der Waals surface area (Å²) < 4.78 is 5.31. The van der Waals surface area contributed by atoms with Crippen molar-refractivity contribution in [2.45, 2.75) is 26.2 Å². The van der Waals surface area contributed by atoms with Gasteiger partial charge in [0, 0.05) is 24.9 Å². The Kier molecular flexibility index (Phi) is 8.50. The highest BCUT2D eigenvalue weighted by atomic mass is 79.9. The minimum absolute atomic E-state index is 0.115. The van der Waals surface area contributed by atoms with Gasteiger partial charge in [0.2, 0.25) is 5.91 Å². The summed E-state index contributed by atoms with van der Waals surface area (Å²) in [4.78, 5) is 11.7. The standard InChI is InChI=1S/C15H22BrNO2/c1-13-5-2-3-6-14(13)7-8-15(18)17-10-4-11-19-12-9-16/h2-3,5-6H,4,7-12H2,1H3,(H,17,18). The van der Waals surface area contributed by atoms with E-state index in [9.17, 15) is 4.79 Å². The topological polar surface area (TPSA) is 38.3 Å². The predicted molar refractivity (Wildman–Crippen MR) is 81.7 cm³/mol. The maximum absolute atomic E-state index is 11.7. The van der Waals surface area contributed by atoms with Gasteiger partial charge in [-0.15, -0.1) is 0 Å². The number of nitrogens with one attached hydrogen (secondary N) is 1. The first-order valence-corrected chi connectivity index (χ1v) is 7.81. The molecule has 0 saturated heterocycles. The average Bonchev–Trinajstić information content (AvgIpc) is 2.42. The summed E-state index contributed by atoms with van der Waals surface area (Å²) in [5, 5.41) is 3.78. The smallest absolute Gasteiger partial charge is 0.220 e. The summed E-state index contributed by atoms with van der Waals surface area (Å²) in [5.41, 5.74) is 2.50. The van der Waals surface area contributed by atoms with E-state index in [4.69, 9.17) is 4.74 Å². The first kappa shape index (κ1) is 16.2. The number of hydrogen-bond donors (Lipinski definition) is 1. The summed E-state index contributed by atoms with van der Waals surface area (Å²) in [7, 11) is 0. The maximum atomic E-state index is 11.7. The number of alkyl halides is 1. The highest BCUT2D eigenvalue weighted by Crippen LogP contribution is 2.09. The van der Waals surface area contributed by atoms with E-state index in [1.54, 1.807) is 0 Å². The van der Waals surface area contributed by atoms with Gasteiger partial charge >= 0.3 is 0 Å². The molecule has 0 aromatic heterocycles. The zero-order valence-electron chi connectivity index (χ0n) is 11.5. The fourth-order valence-corrected chi connectivity index (χ4v) is 2.01. The molecule has 0 aliphatic heterocycles. The molecule has 106 valence electrons. The van der Waals surface area contributed by atoms with Crippen molar-refractivity contribution in [2.75, 3.05) is 25.1 Å². The Bertz CT molecular complexity index is 382. The molecular formula is C15H22BrNO2. The van der Waals surface area contributed by atoms with Crippen molar-refractivity contribution in [3.05, 3.63) is 35.4 Å². The van der Waals surface area contributed by atoms with Crippen molar-refractivity contribution in [3.63, 3.8) is 0 Å². The molecule has 0 aliphatic carbocycles. The molecule has 19 heavy (non-hydrogen) atoms. The zero-order valence-corrected chi connectivity index (χ0v) is 13.0. The predicted octanol–water partition coefficient (Wildman–Crippen LogP) is 2.85. The second-order valence-corrected chi connectivity index (χ2v) is 5.22. The molecule has 0 unspecified atom stereocenters. The number of halogens is 1. The monoisotopic (exact) mass is 327 g/mol. The molecule has 0 heterocycles. The molecule has 0 aliphatic rings. The number of hydrogen-bond acceptors (Lipinski definition) is 2. The molecule has 4 heteroatoms. The van der Waals surface area contributed by atoms with Crippen molar-refractivity contribution >= 4 is 21.8 Å². The molecule has 1 aromatic carbocycles. The minimum atomic E-state index is 0.115. The highest BCUT2D eigenvalue weighted by molar-refractivity contribution is 9.09.